The van der Waals surface area contributed by atoms with Gasteiger partial charge in [0.1, 0.15) is 11.4 Å². The van der Waals surface area contributed by atoms with Gasteiger partial charge in [0.15, 0.2) is 0 Å². The van der Waals surface area contributed by atoms with E-state index < -0.39 is 5.60 Å². The normalized spacial score (nSPS) is 11.5. The lowest BCUT2D eigenvalue weighted by Gasteiger charge is -2.24. The number of fused-ring (bicyclic) bond motifs is 1. The number of anilines is 1. The summed E-state index contributed by atoms with van der Waals surface area (Å²) in [6.45, 7) is 12.7. The van der Waals surface area contributed by atoms with Gasteiger partial charge in [-0.3, -0.25) is 14.3 Å². The largest absolute Gasteiger partial charge is 0.456 e. The minimum Gasteiger partial charge on any atom is -0.456 e. The zero-order chi connectivity index (χ0) is 27.3. The van der Waals surface area contributed by atoms with Crippen molar-refractivity contribution in [3.63, 3.8) is 0 Å². The number of rotatable bonds is 9. The van der Waals surface area contributed by atoms with Gasteiger partial charge < -0.3 is 9.64 Å². The number of nitrogens with zero attached hydrogens (tertiary/aromatic N) is 4. The van der Waals surface area contributed by atoms with E-state index in [1.165, 1.54) is 0 Å². The van der Waals surface area contributed by atoms with Crippen LogP contribution in [0.2, 0.25) is 5.02 Å². The number of ether oxygens (including phenoxy) is 1. The molecule has 0 atom stereocenters. The van der Waals surface area contributed by atoms with Crippen molar-refractivity contribution in [2.24, 2.45) is 7.05 Å². The molecule has 3 rings (SSSR count). The van der Waals surface area contributed by atoms with Crippen molar-refractivity contribution in [2.75, 3.05) is 24.5 Å². The molecule has 37 heavy (non-hydrogen) atoms. The van der Waals surface area contributed by atoms with Crippen molar-refractivity contribution in [3.05, 3.63) is 68.7 Å². The molecule has 0 aliphatic carbocycles. The number of benzene rings is 2. The molecule has 0 saturated carbocycles. The highest BCUT2D eigenvalue weighted by Gasteiger charge is 2.19. The van der Waals surface area contributed by atoms with Crippen molar-refractivity contribution >= 4 is 34.2 Å². The van der Waals surface area contributed by atoms with Gasteiger partial charge in [-0.25, -0.2) is 9.78 Å². The van der Waals surface area contributed by atoms with Gasteiger partial charge in [0.2, 0.25) is 0 Å². The van der Waals surface area contributed by atoms with Crippen molar-refractivity contribution in [2.45, 2.75) is 53.3 Å². The Bertz CT molecular complexity index is 1360. The van der Waals surface area contributed by atoms with Gasteiger partial charge in [-0.1, -0.05) is 31.4 Å². The molecule has 0 amide bonds. The number of hydrogen-bond acceptors (Lipinski definition) is 6. The average Bonchev–Trinajstić information content (AvgIpc) is 2.85. The fourth-order valence-corrected chi connectivity index (χ4v) is 4.21. The summed E-state index contributed by atoms with van der Waals surface area (Å²) in [5.41, 5.74) is 1.92. The number of terminal acetylenes is 1. The van der Waals surface area contributed by atoms with E-state index in [-0.39, 0.29) is 11.5 Å². The van der Waals surface area contributed by atoms with Crippen LogP contribution in [0.3, 0.4) is 0 Å². The Labute approximate surface area is 224 Å². The van der Waals surface area contributed by atoms with E-state index in [0.29, 0.717) is 46.9 Å². The minimum atomic E-state index is -0.573. The first kappa shape index (κ1) is 28.2. The van der Waals surface area contributed by atoms with Gasteiger partial charge in [0.25, 0.3) is 5.56 Å². The van der Waals surface area contributed by atoms with Crippen molar-refractivity contribution in [1.29, 1.82) is 0 Å². The molecule has 1 heterocycles. The lowest BCUT2D eigenvalue weighted by molar-refractivity contribution is 0.00695. The Hall–Kier alpha value is -3.34. The number of halogens is 1. The predicted octanol–water partition coefficient (Wildman–Crippen LogP) is 5.02. The van der Waals surface area contributed by atoms with Gasteiger partial charge in [0, 0.05) is 24.3 Å². The standard InChI is InChI=1S/C29H35ClN4O3/c1-8-15-34(22-13-11-20(12-14-22)28(36)37-29(4,5)6)18-21-16-23-25(17-24(21)30)31-26(32(7)27(23)35)19-33(9-2)10-3/h1,11-14,16-17H,9-10,15,18-19H2,2-7H3. The van der Waals surface area contributed by atoms with Gasteiger partial charge in [0.05, 0.1) is 29.6 Å². The second-order valence-electron chi connectivity index (χ2n) is 9.92. The smallest absolute Gasteiger partial charge is 0.338 e. The summed E-state index contributed by atoms with van der Waals surface area (Å²) >= 11 is 6.67. The molecular weight excluding hydrogens is 488 g/mol. The molecular formula is C29H35ClN4O3. The van der Waals surface area contributed by atoms with Crippen LogP contribution >= 0.6 is 11.6 Å². The predicted molar refractivity (Wildman–Crippen MR) is 150 cm³/mol. The van der Waals surface area contributed by atoms with Gasteiger partial charge in [-0.2, -0.15) is 0 Å². The molecule has 0 radical (unpaired) electrons. The number of aromatic nitrogens is 2. The van der Waals surface area contributed by atoms with E-state index in [9.17, 15) is 9.59 Å². The first-order valence-electron chi connectivity index (χ1n) is 12.4. The Kier molecular flexibility index (Phi) is 9.01. The van der Waals surface area contributed by atoms with Gasteiger partial charge >= 0.3 is 5.97 Å². The molecule has 0 spiro atoms. The molecule has 0 fully saturated rings. The Morgan fingerprint density at radius 1 is 1.14 bits per heavy atom. The van der Waals surface area contributed by atoms with E-state index >= 15 is 0 Å². The number of carbonyl (C=O) groups excluding carboxylic acids is 1. The monoisotopic (exact) mass is 522 g/mol. The summed E-state index contributed by atoms with van der Waals surface area (Å²) in [6.07, 6.45) is 5.65. The van der Waals surface area contributed by atoms with Crippen LogP contribution in [-0.4, -0.2) is 45.7 Å². The second kappa shape index (κ2) is 11.8. The molecule has 0 unspecified atom stereocenters. The van der Waals surface area contributed by atoms with Crippen LogP contribution in [0.15, 0.2) is 41.2 Å². The Balaban J connectivity index is 1.92. The zero-order valence-electron chi connectivity index (χ0n) is 22.5. The van der Waals surface area contributed by atoms with Gasteiger partial charge in [-0.05, 0) is 75.8 Å². The SMILES string of the molecule is C#CCN(Cc1cc2c(=O)n(C)c(CN(CC)CC)nc2cc1Cl)c1ccc(C(=O)OC(C)(C)C)cc1. The summed E-state index contributed by atoms with van der Waals surface area (Å²) in [4.78, 5) is 34.5. The molecule has 8 heteroatoms. The maximum absolute atomic E-state index is 13.2. The number of carbonyl (C=O) groups is 1. The fourth-order valence-electron chi connectivity index (χ4n) is 3.99. The molecule has 0 aliphatic rings. The fraction of sp³-hybridized carbons (Fsp3) is 0.414. The molecule has 1 aromatic heterocycles. The van der Waals surface area contributed by atoms with Crippen LogP contribution in [0.4, 0.5) is 5.69 Å². The van der Waals surface area contributed by atoms with Crippen LogP contribution in [0, 0.1) is 12.3 Å². The van der Waals surface area contributed by atoms with Crippen molar-refractivity contribution in [1.82, 2.24) is 14.5 Å². The van der Waals surface area contributed by atoms with Crippen LogP contribution in [0.1, 0.15) is 56.4 Å². The molecule has 0 aliphatic heterocycles. The molecule has 0 bridgehead atoms. The van der Waals surface area contributed by atoms with E-state index in [4.69, 9.17) is 27.7 Å². The average molecular weight is 523 g/mol. The molecule has 3 aromatic rings. The highest BCUT2D eigenvalue weighted by Crippen LogP contribution is 2.26. The maximum atomic E-state index is 13.2. The van der Waals surface area contributed by atoms with Gasteiger partial charge in [-0.15, -0.1) is 6.42 Å². The Morgan fingerprint density at radius 3 is 2.35 bits per heavy atom. The molecule has 0 saturated heterocycles. The van der Waals surface area contributed by atoms with E-state index in [0.717, 1.165) is 24.3 Å². The second-order valence-corrected chi connectivity index (χ2v) is 10.3. The van der Waals surface area contributed by atoms with Crippen LogP contribution in [0.25, 0.3) is 10.9 Å². The highest BCUT2D eigenvalue weighted by atomic mass is 35.5. The number of hydrogen-bond donors (Lipinski definition) is 0. The van der Waals surface area contributed by atoms with E-state index in [1.807, 2.05) is 37.8 Å². The minimum absolute atomic E-state index is 0.115. The van der Waals surface area contributed by atoms with E-state index in [2.05, 4.69) is 24.7 Å². The third-order valence-corrected chi connectivity index (χ3v) is 6.46. The quantitative estimate of drug-likeness (QED) is 0.290. The van der Waals surface area contributed by atoms with Crippen LogP contribution < -0.4 is 10.5 Å². The lowest BCUT2D eigenvalue weighted by atomic mass is 10.1. The van der Waals surface area contributed by atoms with Crippen molar-refractivity contribution < 1.29 is 9.53 Å². The summed E-state index contributed by atoms with van der Waals surface area (Å²) in [5.74, 6) is 2.99. The van der Waals surface area contributed by atoms with Crippen molar-refractivity contribution in [3.8, 4) is 12.3 Å². The third-order valence-electron chi connectivity index (χ3n) is 6.11. The molecule has 0 N–H and O–H groups in total. The van der Waals surface area contributed by atoms with Crippen LogP contribution in [0.5, 0.6) is 0 Å². The molecule has 7 nitrogen and oxygen atoms in total. The topological polar surface area (TPSA) is 67.7 Å². The first-order valence-corrected chi connectivity index (χ1v) is 12.8. The molecule has 2 aromatic carbocycles. The van der Waals surface area contributed by atoms with E-state index in [1.54, 1.807) is 35.9 Å². The lowest BCUT2D eigenvalue weighted by Crippen LogP contribution is -2.29. The summed E-state index contributed by atoms with van der Waals surface area (Å²) in [7, 11) is 1.75. The summed E-state index contributed by atoms with van der Waals surface area (Å²) < 4.78 is 7.05. The summed E-state index contributed by atoms with van der Waals surface area (Å²) in [5, 5.41) is 1.01. The molecule has 196 valence electrons. The van der Waals surface area contributed by atoms with Crippen LogP contribution in [-0.2, 0) is 24.9 Å². The highest BCUT2D eigenvalue weighted by molar-refractivity contribution is 6.32. The maximum Gasteiger partial charge on any atom is 0.338 e. The zero-order valence-corrected chi connectivity index (χ0v) is 23.2. The Morgan fingerprint density at radius 2 is 1.78 bits per heavy atom. The summed E-state index contributed by atoms with van der Waals surface area (Å²) in [6, 6.07) is 10.6. The third kappa shape index (κ3) is 6.91. The number of esters is 1. The first-order chi connectivity index (χ1) is 17.5.